The van der Waals surface area contributed by atoms with Crippen LogP contribution in [0, 0.1) is 6.92 Å². The van der Waals surface area contributed by atoms with Crippen LogP contribution in [0.4, 0.5) is 11.4 Å². The molecule has 154 valence electrons. The Hall–Kier alpha value is -3.46. The Balaban J connectivity index is 1.66. The third kappa shape index (κ3) is 3.71. The normalized spacial score (nSPS) is 14.1. The summed E-state index contributed by atoms with van der Waals surface area (Å²) < 4.78 is 6.89. The number of benzene rings is 1. The summed E-state index contributed by atoms with van der Waals surface area (Å²) in [6, 6.07) is 6.27. The number of nitrogens with zero attached hydrogens (tertiary/aromatic N) is 8. The highest BCUT2D eigenvalue weighted by Crippen LogP contribution is 2.27. The first-order valence-electron chi connectivity index (χ1n) is 9.83. The molecule has 4 rings (SSSR count). The van der Waals surface area contributed by atoms with Gasteiger partial charge in [-0.05, 0) is 44.5 Å². The fourth-order valence-corrected chi connectivity index (χ4v) is 3.34. The van der Waals surface area contributed by atoms with Gasteiger partial charge in [-0.1, -0.05) is 0 Å². The lowest BCUT2D eigenvalue weighted by atomic mass is 10.1. The van der Waals surface area contributed by atoms with Crippen molar-refractivity contribution in [1.29, 1.82) is 0 Å². The minimum atomic E-state index is 0.548. The fraction of sp³-hybridized carbons (Fsp3) is 0.333. The summed E-state index contributed by atoms with van der Waals surface area (Å²) in [4.78, 5) is 15.5. The van der Waals surface area contributed by atoms with E-state index in [1.165, 1.54) is 0 Å². The van der Waals surface area contributed by atoms with Gasteiger partial charge in [-0.2, -0.15) is 9.78 Å². The third-order valence-electron chi connectivity index (χ3n) is 4.96. The first-order chi connectivity index (χ1) is 14.6. The van der Waals surface area contributed by atoms with Gasteiger partial charge < -0.3 is 9.64 Å². The molecule has 0 atom stereocenters. The predicted octanol–water partition coefficient (Wildman–Crippen LogP) is 2.87. The highest BCUT2D eigenvalue weighted by Gasteiger charge is 2.27. The van der Waals surface area contributed by atoms with Gasteiger partial charge in [-0.25, -0.2) is 9.98 Å². The highest BCUT2D eigenvalue weighted by atomic mass is 16.5. The number of hydrogen-bond donors (Lipinski definition) is 0. The second-order valence-electron chi connectivity index (χ2n) is 6.94. The minimum Gasteiger partial charge on any atom is -0.383 e. The molecule has 0 spiro atoms. The van der Waals surface area contributed by atoms with Crippen molar-refractivity contribution < 1.29 is 4.74 Å². The first kappa shape index (κ1) is 19.8. The molecular weight excluding hydrogens is 380 g/mol. The number of hydrogen-bond acceptors (Lipinski definition) is 8. The van der Waals surface area contributed by atoms with Gasteiger partial charge in [0, 0.05) is 38.3 Å². The zero-order chi connectivity index (χ0) is 21.1. The molecule has 30 heavy (non-hydrogen) atoms. The van der Waals surface area contributed by atoms with E-state index >= 15 is 0 Å². The van der Waals surface area contributed by atoms with Crippen LogP contribution >= 0.6 is 0 Å². The molecule has 0 amide bonds. The van der Waals surface area contributed by atoms with Gasteiger partial charge in [0.2, 0.25) is 11.6 Å². The van der Waals surface area contributed by atoms with E-state index in [9.17, 15) is 0 Å². The van der Waals surface area contributed by atoms with Crippen molar-refractivity contribution in [2.24, 2.45) is 10.1 Å². The smallest absolute Gasteiger partial charge is 0.205 e. The summed E-state index contributed by atoms with van der Waals surface area (Å²) >= 11 is 0. The molecule has 2 aromatic heterocycles. The van der Waals surface area contributed by atoms with Crippen LogP contribution in [0.1, 0.15) is 25.2 Å². The zero-order valence-corrected chi connectivity index (χ0v) is 17.6. The molecule has 3 aromatic rings. The average Bonchev–Trinajstić information content (AvgIpc) is 3.30. The molecule has 0 aliphatic carbocycles. The molecule has 0 unspecified atom stereocenters. The maximum Gasteiger partial charge on any atom is 0.205 e. The van der Waals surface area contributed by atoms with Crippen molar-refractivity contribution in [3.8, 4) is 11.5 Å². The van der Waals surface area contributed by atoms with Crippen LogP contribution in [-0.2, 0) is 4.74 Å². The maximum absolute atomic E-state index is 5.22. The van der Waals surface area contributed by atoms with Crippen molar-refractivity contribution in [3.63, 3.8) is 0 Å². The number of anilines is 1. The fourth-order valence-electron chi connectivity index (χ4n) is 3.34. The van der Waals surface area contributed by atoms with E-state index in [1.807, 2.05) is 13.0 Å². The number of fused-ring (bicyclic) bond motifs is 1. The Morgan fingerprint density at radius 1 is 1.13 bits per heavy atom. The number of rotatable bonds is 7. The van der Waals surface area contributed by atoms with Crippen molar-refractivity contribution in [3.05, 3.63) is 48.2 Å². The van der Waals surface area contributed by atoms with Gasteiger partial charge in [-0.3, -0.25) is 4.98 Å². The van der Waals surface area contributed by atoms with Crippen molar-refractivity contribution in [1.82, 2.24) is 24.8 Å². The molecule has 0 saturated carbocycles. The number of ether oxygens (including phenoxy) is 1. The molecule has 0 saturated heterocycles. The highest BCUT2D eigenvalue weighted by molar-refractivity contribution is 6.48. The molecule has 0 N–H and O–H groups in total. The van der Waals surface area contributed by atoms with Crippen molar-refractivity contribution >= 4 is 22.8 Å². The van der Waals surface area contributed by atoms with E-state index < -0.39 is 0 Å². The van der Waals surface area contributed by atoms with Gasteiger partial charge >= 0.3 is 0 Å². The molecule has 9 heteroatoms. The molecule has 9 nitrogen and oxygen atoms in total. The van der Waals surface area contributed by atoms with Crippen LogP contribution in [-0.4, -0.2) is 63.1 Å². The zero-order valence-electron chi connectivity index (χ0n) is 17.6. The Kier molecular flexibility index (Phi) is 5.62. The summed E-state index contributed by atoms with van der Waals surface area (Å²) in [6.07, 6.45) is 4.88. The molecule has 0 fully saturated rings. The summed E-state index contributed by atoms with van der Waals surface area (Å²) in [5, 5.41) is 13.1. The van der Waals surface area contributed by atoms with Crippen LogP contribution in [0.15, 0.2) is 46.9 Å². The molecule has 3 heterocycles. The number of aromatic nitrogens is 5. The van der Waals surface area contributed by atoms with Gasteiger partial charge in [0.25, 0.3) is 0 Å². The molecule has 1 aliphatic heterocycles. The lowest BCUT2D eigenvalue weighted by Crippen LogP contribution is -2.26. The molecular formula is C21H24N8O. The summed E-state index contributed by atoms with van der Waals surface area (Å²) in [6.45, 7) is 8.57. The molecule has 1 aromatic carbocycles. The van der Waals surface area contributed by atoms with E-state index in [0.717, 1.165) is 35.7 Å². The average molecular weight is 404 g/mol. The second-order valence-corrected chi connectivity index (χ2v) is 6.94. The Morgan fingerprint density at radius 3 is 2.67 bits per heavy atom. The molecule has 0 radical (unpaired) electrons. The van der Waals surface area contributed by atoms with Gasteiger partial charge in [0.1, 0.15) is 11.4 Å². The minimum absolute atomic E-state index is 0.548. The van der Waals surface area contributed by atoms with Crippen molar-refractivity contribution in [2.45, 2.75) is 20.8 Å². The van der Waals surface area contributed by atoms with E-state index in [0.29, 0.717) is 29.7 Å². The summed E-state index contributed by atoms with van der Waals surface area (Å²) in [5.74, 6) is 1.15. The topological polar surface area (TPSA) is 93.7 Å². The monoisotopic (exact) mass is 404 g/mol. The third-order valence-corrected chi connectivity index (χ3v) is 4.96. The SMILES string of the molecule is CCN(CCOC)c1ccc(N=C2C(C)=Nn3c2nnc3-c2cnccn2)c(C)c1. The lowest BCUT2D eigenvalue weighted by molar-refractivity contribution is 0.205. The number of aliphatic imine (C=N–C) groups is 1. The van der Waals surface area contributed by atoms with Gasteiger partial charge in [0.05, 0.1) is 24.2 Å². The van der Waals surface area contributed by atoms with Crippen LogP contribution in [0.3, 0.4) is 0 Å². The van der Waals surface area contributed by atoms with Crippen LogP contribution in [0.5, 0.6) is 0 Å². The van der Waals surface area contributed by atoms with E-state index in [4.69, 9.17) is 9.73 Å². The lowest BCUT2D eigenvalue weighted by Gasteiger charge is -2.23. The Bertz CT molecular complexity index is 1100. The summed E-state index contributed by atoms with van der Waals surface area (Å²) in [5.41, 5.74) is 5.22. The standard InChI is InChI=1S/C21H24N8O/c1-5-28(10-11-30-4)16-6-7-17(14(2)12-16)24-19-15(3)27-29-20(25-26-21(19)29)18-13-22-8-9-23-18/h6-9,12-13H,5,10-11H2,1-4H3. The largest absolute Gasteiger partial charge is 0.383 e. The first-order valence-corrected chi connectivity index (χ1v) is 9.83. The second kappa shape index (κ2) is 8.50. The predicted molar refractivity (Wildman–Crippen MR) is 117 cm³/mol. The van der Waals surface area contributed by atoms with Crippen LogP contribution in [0.25, 0.3) is 11.5 Å². The number of methoxy groups -OCH3 is 1. The number of aryl methyl sites for hydroxylation is 1. The van der Waals surface area contributed by atoms with Gasteiger partial charge in [-0.15, -0.1) is 10.2 Å². The number of likely N-dealkylation sites (N-methyl/N-ethyl adjacent to an activating group) is 1. The van der Waals surface area contributed by atoms with Crippen LogP contribution < -0.4 is 4.90 Å². The Morgan fingerprint density at radius 2 is 1.97 bits per heavy atom. The quantitative estimate of drug-likeness (QED) is 0.601. The molecule has 1 aliphatic rings. The summed E-state index contributed by atoms with van der Waals surface area (Å²) in [7, 11) is 1.72. The van der Waals surface area contributed by atoms with E-state index in [2.05, 4.69) is 56.1 Å². The van der Waals surface area contributed by atoms with Crippen molar-refractivity contribution in [2.75, 3.05) is 31.7 Å². The van der Waals surface area contributed by atoms with E-state index in [1.54, 1.807) is 30.4 Å². The van der Waals surface area contributed by atoms with E-state index in [-0.39, 0.29) is 0 Å². The van der Waals surface area contributed by atoms with Crippen LogP contribution in [0.2, 0.25) is 0 Å². The maximum atomic E-state index is 5.22. The van der Waals surface area contributed by atoms with Gasteiger partial charge in [0.15, 0.2) is 0 Å². The molecule has 0 bridgehead atoms. The Labute approximate surface area is 175 Å².